The highest BCUT2D eigenvalue weighted by Gasteiger charge is 2.41. The van der Waals surface area contributed by atoms with E-state index in [0.717, 1.165) is 25.1 Å². The average molecular weight is 415 g/mol. The molecule has 0 aliphatic carbocycles. The second-order valence-electron chi connectivity index (χ2n) is 5.86. The van der Waals surface area contributed by atoms with Gasteiger partial charge in [-0.05, 0) is 18.2 Å². The van der Waals surface area contributed by atoms with Crippen LogP contribution in [0.2, 0.25) is 0 Å². The Balaban J connectivity index is 2.35. The van der Waals surface area contributed by atoms with Gasteiger partial charge in [0.1, 0.15) is 11.3 Å². The molecule has 2 aromatic carbocycles. The minimum Gasteiger partial charge on any atom is -0.451 e. The van der Waals surface area contributed by atoms with Crippen LogP contribution in [0.3, 0.4) is 0 Å². The van der Waals surface area contributed by atoms with Crippen LogP contribution in [-0.4, -0.2) is 18.0 Å². The Bertz CT molecular complexity index is 1080. The van der Waals surface area contributed by atoms with Gasteiger partial charge in [-0.2, -0.15) is 13.2 Å². The first-order valence-corrected chi connectivity index (χ1v) is 8.00. The molecule has 1 heterocycles. The number of carbonyl (C=O) groups is 1. The molecular weight excluding hydrogens is 404 g/mol. The topological polar surface area (TPSA) is 51.8 Å². The molecule has 152 valence electrons. The molecule has 0 atom stereocenters. The lowest BCUT2D eigenvalue weighted by Crippen LogP contribution is -2.17. The lowest BCUT2D eigenvalue weighted by atomic mass is 9.98. The summed E-state index contributed by atoms with van der Waals surface area (Å²) in [6, 6.07) is 9.96. The molecule has 29 heavy (non-hydrogen) atoms. The molecule has 0 fully saturated rings. The normalized spacial score (nSPS) is 13.0. The number of hydrogen-bond donors (Lipinski definition) is 0. The average Bonchev–Trinajstić information content (AvgIpc) is 2.98. The third-order valence-electron chi connectivity index (χ3n) is 3.70. The van der Waals surface area contributed by atoms with E-state index in [4.69, 9.17) is 4.42 Å². The van der Waals surface area contributed by atoms with Crippen molar-refractivity contribution in [2.45, 2.75) is 19.5 Å². The van der Waals surface area contributed by atoms with Crippen LogP contribution >= 0.6 is 0 Å². The second-order valence-corrected chi connectivity index (χ2v) is 5.86. The summed E-state index contributed by atoms with van der Waals surface area (Å²) in [6.07, 6.45) is -10.0. The lowest BCUT2D eigenvalue weighted by molar-refractivity contribution is -0.274. The molecule has 0 N–H and O–H groups in total. The molecule has 3 rings (SSSR count). The van der Waals surface area contributed by atoms with E-state index < -0.39 is 35.5 Å². The number of carbonyl (C=O) groups excluding carboxylic acids is 1. The summed E-state index contributed by atoms with van der Waals surface area (Å²) in [5.74, 6) is -3.02. The number of alkyl halides is 6. The predicted molar refractivity (Wildman–Crippen MR) is 90.7 cm³/mol. The molecule has 3 aromatic rings. The fourth-order valence-corrected chi connectivity index (χ4v) is 2.73. The molecule has 0 unspecified atom stereocenters. The Morgan fingerprint density at radius 2 is 1.66 bits per heavy atom. The molecule has 4 nitrogen and oxygen atoms in total. The van der Waals surface area contributed by atoms with Crippen molar-refractivity contribution in [1.29, 1.82) is 0 Å². The smallest absolute Gasteiger partial charge is 0.451 e. The summed E-state index contributed by atoms with van der Waals surface area (Å²) in [5.41, 5.74) is -1.22. The predicted octanol–water partition coefficient (Wildman–Crippen LogP) is 5.73. The zero-order valence-corrected chi connectivity index (χ0v) is 14.6. The Morgan fingerprint density at radius 1 is 1.00 bits per heavy atom. The molecule has 0 aliphatic heterocycles. The maximum absolute atomic E-state index is 13.6. The van der Waals surface area contributed by atoms with E-state index in [1.165, 1.54) is 24.3 Å². The number of amides is 1. The van der Waals surface area contributed by atoms with Crippen LogP contribution in [-0.2, 0) is 11.0 Å². The highest BCUT2D eigenvalue weighted by Crippen LogP contribution is 2.41. The van der Waals surface area contributed by atoms with E-state index in [1.807, 2.05) is 0 Å². The first-order chi connectivity index (χ1) is 13.5. The van der Waals surface area contributed by atoms with Crippen molar-refractivity contribution >= 4 is 22.6 Å². The van der Waals surface area contributed by atoms with E-state index in [0.29, 0.717) is 0 Å². The van der Waals surface area contributed by atoms with Crippen molar-refractivity contribution in [3.05, 3.63) is 65.4 Å². The molecule has 1 amide bonds. The number of nitrogens with zero attached hydrogens (tertiary/aromatic N) is 1. The van der Waals surface area contributed by atoms with Gasteiger partial charge in [-0.15, -0.1) is 13.2 Å². The van der Waals surface area contributed by atoms with Crippen LogP contribution in [0.15, 0.2) is 57.9 Å². The Morgan fingerprint density at radius 3 is 2.21 bits per heavy atom. The maximum Gasteiger partial charge on any atom is 0.573 e. The Labute approximate surface area is 159 Å². The standard InChI is InChI=1S/C19H11F6NO3/c1-10(27)26-16(11-5-3-2-4-6-11)15-13-9-12(29-19(23,24)25)7-8-14(13)28-17(15)18(20,21)22/h2-9H,1H3. The molecular formula is C19H11F6NO3. The van der Waals surface area contributed by atoms with Gasteiger partial charge in [0.2, 0.25) is 11.7 Å². The largest absolute Gasteiger partial charge is 0.573 e. The molecule has 0 saturated carbocycles. The van der Waals surface area contributed by atoms with E-state index in [9.17, 15) is 31.1 Å². The van der Waals surface area contributed by atoms with Crippen LogP contribution in [0.4, 0.5) is 26.3 Å². The Kier molecular flexibility index (Phi) is 5.12. The summed E-state index contributed by atoms with van der Waals surface area (Å²) in [5, 5.41) is -0.331. The quantitative estimate of drug-likeness (QED) is 0.405. The maximum atomic E-state index is 13.6. The second kappa shape index (κ2) is 7.26. The zero-order valence-electron chi connectivity index (χ0n) is 14.6. The van der Waals surface area contributed by atoms with E-state index in [1.54, 1.807) is 6.07 Å². The van der Waals surface area contributed by atoms with Gasteiger partial charge >= 0.3 is 12.5 Å². The number of benzene rings is 2. The fourth-order valence-electron chi connectivity index (χ4n) is 2.73. The highest BCUT2D eigenvalue weighted by molar-refractivity contribution is 6.22. The van der Waals surface area contributed by atoms with Crippen molar-refractivity contribution in [3.63, 3.8) is 0 Å². The van der Waals surface area contributed by atoms with Crippen LogP contribution in [0, 0.1) is 0 Å². The Hall–Kier alpha value is -3.30. The van der Waals surface area contributed by atoms with E-state index in [-0.39, 0.29) is 22.2 Å². The van der Waals surface area contributed by atoms with E-state index in [2.05, 4.69) is 9.73 Å². The molecule has 0 saturated heterocycles. The number of fused-ring (bicyclic) bond motifs is 1. The molecule has 0 spiro atoms. The molecule has 0 aliphatic rings. The van der Waals surface area contributed by atoms with Crippen molar-refractivity contribution in [1.82, 2.24) is 0 Å². The van der Waals surface area contributed by atoms with Crippen LogP contribution in [0.5, 0.6) is 5.75 Å². The number of halogens is 6. The highest BCUT2D eigenvalue weighted by atomic mass is 19.4. The summed E-state index contributed by atoms with van der Waals surface area (Å²) in [6.45, 7) is 1.04. The fraction of sp³-hybridized carbons (Fsp3) is 0.158. The third kappa shape index (κ3) is 4.58. The number of rotatable bonds is 3. The van der Waals surface area contributed by atoms with E-state index >= 15 is 0 Å². The van der Waals surface area contributed by atoms with Crippen molar-refractivity contribution in [3.8, 4) is 5.75 Å². The zero-order chi connectivity index (χ0) is 21.4. The van der Waals surface area contributed by atoms with Gasteiger partial charge in [0.15, 0.2) is 0 Å². The summed E-state index contributed by atoms with van der Waals surface area (Å²) in [7, 11) is 0. The molecule has 1 aromatic heterocycles. The first-order valence-electron chi connectivity index (χ1n) is 8.00. The summed E-state index contributed by atoms with van der Waals surface area (Å²) in [4.78, 5) is 15.3. The van der Waals surface area contributed by atoms with Crippen molar-refractivity contribution < 1.29 is 40.3 Å². The number of hydrogen-bond acceptors (Lipinski definition) is 3. The number of ether oxygens (including phenoxy) is 1. The van der Waals surface area contributed by atoms with Gasteiger partial charge < -0.3 is 9.15 Å². The van der Waals surface area contributed by atoms with Gasteiger partial charge in [-0.25, -0.2) is 4.99 Å². The minimum absolute atomic E-state index is 0.151. The lowest BCUT2D eigenvalue weighted by Gasteiger charge is -2.11. The molecule has 0 bridgehead atoms. The van der Waals surface area contributed by atoms with Crippen LogP contribution < -0.4 is 4.74 Å². The van der Waals surface area contributed by atoms with Gasteiger partial charge in [-0.3, -0.25) is 4.79 Å². The van der Waals surface area contributed by atoms with Crippen LogP contribution in [0.1, 0.15) is 23.8 Å². The molecule has 0 radical (unpaired) electrons. The molecule has 10 heteroatoms. The SMILES string of the molecule is CC(=O)N=C(c1ccccc1)c1c(C(F)(F)F)oc2ccc(OC(F)(F)F)cc12. The van der Waals surface area contributed by atoms with Gasteiger partial charge in [-0.1, -0.05) is 30.3 Å². The minimum atomic E-state index is -5.04. The summed E-state index contributed by atoms with van der Waals surface area (Å²) < 4.78 is 87.2. The van der Waals surface area contributed by atoms with Crippen molar-refractivity contribution in [2.24, 2.45) is 4.99 Å². The first kappa shape index (κ1) is 20.4. The summed E-state index contributed by atoms with van der Waals surface area (Å²) >= 11 is 0. The third-order valence-corrected chi connectivity index (χ3v) is 3.70. The monoisotopic (exact) mass is 415 g/mol. The van der Waals surface area contributed by atoms with Crippen molar-refractivity contribution in [2.75, 3.05) is 0 Å². The number of furan rings is 1. The van der Waals surface area contributed by atoms with Gasteiger partial charge in [0, 0.05) is 17.9 Å². The number of aliphatic imine (C=N–C) groups is 1. The van der Waals surface area contributed by atoms with Crippen LogP contribution in [0.25, 0.3) is 11.0 Å². The van der Waals surface area contributed by atoms with Gasteiger partial charge in [0.25, 0.3) is 0 Å². The van der Waals surface area contributed by atoms with Gasteiger partial charge in [0.05, 0.1) is 11.3 Å².